The lowest BCUT2D eigenvalue weighted by atomic mass is 10.3. The number of aldehydes is 1. The van der Waals surface area contributed by atoms with Crippen molar-refractivity contribution in [2.24, 2.45) is 0 Å². The van der Waals surface area contributed by atoms with E-state index in [0.29, 0.717) is 5.69 Å². The first-order valence-corrected chi connectivity index (χ1v) is 4.28. The van der Waals surface area contributed by atoms with E-state index in [9.17, 15) is 4.79 Å². The minimum atomic E-state index is 0.595. The van der Waals surface area contributed by atoms with Crippen LogP contribution in [0.25, 0.3) is 5.52 Å². The Balaban J connectivity index is 2.74. The molecule has 0 radical (unpaired) electrons. The van der Waals surface area contributed by atoms with Gasteiger partial charge in [-0.05, 0) is 24.6 Å². The van der Waals surface area contributed by atoms with Gasteiger partial charge in [0.05, 0.1) is 11.2 Å². The van der Waals surface area contributed by atoms with Gasteiger partial charge in [-0.3, -0.25) is 4.79 Å². The van der Waals surface area contributed by atoms with E-state index in [4.69, 9.17) is 0 Å². The van der Waals surface area contributed by atoms with Crippen LogP contribution in [0.1, 0.15) is 23.1 Å². The van der Waals surface area contributed by atoms with E-state index in [-0.39, 0.29) is 0 Å². The first-order chi connectivity index (χ1) is 6.35. The summed E-state index contributed by atoms with van der Waals surface area (Å²) in [5.74, 6) is 0. The van der Waals surface area contributed by atoms with Crippen LogP contribution in [0.15, 0.2) is 24.3 Å². The van der Waals surface area contributed by atoms with Crippen molar-refractivity contribution in [3.8, 4) is 0 Å². The molecule has 0 atom stereocenters. The van der Waals surface area contributed by atoms with Crippen LogP contribution in [0.5, 0.6) is 0 Å². The summed E-state index contributed by atoms with van der Waals surface area (Å²) in [6.45, 7) is 2.04. The van der Waals surface area contributed by atoms with Gasteiger partial charge in [-0.25, -0.2) is 4.52 Å². The highest BCUT2D eigenvalue weighted by atomic mass is 16.1. The fourth-order valence-electron chi connectivity index (χ4n) is 1.35. The molecule has 0 aliphatic rings. The summed E-state index contributed by atoms with van der Waals surface area (Å²) < 4.78 is 1.67. The van der Waals surface area contributed by atoms with Gasteiger partial charge in [-0.1, -0.05) is 13.0 Å². The first kappa shape index (κ1) is 7.98. The lowest BCUT2D eigenvalue weighted by molar-refractivity contribution is 0.111. The first-order valence-electron chi connectivity index (χ1n) is 4.28. The monoisotopic (exact) mass is 174 g/mol. The van der Waals surface area contributed by atoms with Crippen LogP contribution >= 0.6 is 0 Å². The topological polar surface area (TPSA) is 34.4 Å². The molecule has 2 aromatic heterocycles. The summed E-state index contributed by atoms with van der Waals surface area (Å²) in [7, 11) is 0. The number of hydrogen-bond donors (Lipinski definition) is 0. The molecule has 0 aromatic carbocycles. The molecule has 0 N–H and O–H groups in total. The maximum Gasteiger partial charge on any atom is 0.168 e. The van der Waals surface area contributed by atoms with Crippen LogP contribution in [0.3, 0.4) is 0 Å². The Hall–Kier alpha value is -1.64. The summed E-state index contributed by atoms with van der Waals surface area (Å²) in [6, 6.07) is 7.55. The minimum absolute atomic E-state index is 0.595. The molecule has 0 saturated carbocycles. The van der Waals surface area contributed by atoms with E-state index < -0.39 is 0 Å². The zero-order valence-corrected chi connectivity index (χ0v) is 7.40. The molecule has 0 spiro atoms. The molecule has 3 heteroatoms. The highest BCUT2D eigenvalue weighted by Gasteiger charge is 2.02. The van der Waals surface area contributed by atoms with Gasteiger partial charge in [0.2, 0.25) is 0 Å². The van der Waals surface area contributed by atoms with Crippen LogP contribution in [-0.4, -0.2) is 15.9 Å². The molecule has 0 aliphatic carbocycles. The van der Waals surface area contributed by atoms with Crippen LogP contribution in [0, 0.1) is 0 Å². The van der Waals surface area contributed by atoms with Gasteiger partial charge >= 0.3 is 0 Å². The predicted octanol–water partition coefficient (Wildman–Crippen LogP) is 1.71. The zero-order valence-electron chi connectivity index (χ0n) is 7.40. The molecule has 2 rings (SSSR count). The summed E-state index contributed by atoms with van der Waals surface area (Å²) in [5.41, 5.74) is 2.58. The number of nitrogens with zero attached hydrogens (tertiary/aromatic N) is 2. The number of fused-ring (bicyclic) bond motifs is 1. The van der Waals surface area contributed by atoms with E-state index in [1.54, 1.807) is 10.6 Å². The maximum atomic E-state index is 10.7. The van der Waals surface area contributed by atoms with Gasteiger partial charge in [-0.2, -0.15) is 5.10 Å². The molecule has 0 saturated heterocycles. The highest BCUT2D eigenvalue weighted by molar-refractivity contribution is 5.74. The molecule has 0 bridgehead atoms. The summed E-state index contributed by atoms with van der Waals surface area (Å²) in [4.78, 5) is 10.7. The van der Waals surface area contributed by atoms with Gasteiger partial charge in [0.1, 0.15) is 5.69 Å². The van der Waals surface area contributed by atoms with E-state index in [2.05, 4.69) is 5.10 Å². The van der Waals surface area contributed by atoms with Crippen LogP contribution < -0.4 is 0 Å². The Morgan fingerprint density at radius 2 is 2.38 bits per heavy atom. The van der Waals surface area contributed by atoms with Crippen molar-refractivity contribution < 1.29 is 4.79 Å². The second-order valence-electron chi connectivity index (χ2n) is 2.89. The number of carbonyl (C=O) groups is 1. The molecule has 2 heterocycles. The zero-order chi connectivity index (χ0) is 9.26. The van der Waals surface area contributed by atoms with Crippen molar-refractivity contribution in [2.45, 2.75) is 13.3 Å². The average Bonchev–Trinajstić information content (AvgIpc) is 2.59. The van der Waals surface area contributed by atoms with E-state index in [1.165, 1.54) is 0 Å². The Bertz CT molecular complexity index is 445. The van der Waals surface area contributed by atoms with Crippen LogP contribution in [0.2, 0.25) is 0 Å². The Morgan fingerprint density at radius 3 is 3.08 bits per heavy atom. The van der Waals surface area contributed by atoms with Crippen LogP contribution in [-0.2, 0) is 6.42 Å². The number of carbonyl (C=O) groups excluding carboxylic acids is 1. The lowest BCUT2D eigenvalue weighted by Gasteiger charge is -1.94. The molecular formula is C10H10N2O. The standard InChI is InChI=1S/C10H10N2O/c1-2-8-6-9-4-3-5-10(7-13)12(9)11-8/h3-7H,2H2,1H3. The summed E-state index contributed by atoms with van der Waals surface area (Å²) >= 11 is 0. The summed E-state index contributed by atoms with van der Waals surface area (Å²) in [6.07, 6.45) is 1.71. The molecular weight excluding hydrogens is 164 g/mol. The van der Waals surface area contributed by atoms with E-state index >= 15 is 0 Å². The fourth-order valence-corrected chi connectivity index (χ4v) is 1.35. The SMILES string of the molecule is CCc1cc2cccc(C=O)n2n1. The predicted molar refractivity (Wildman–Crippen MR) is 50.0 cm³/mol. The van der Waals surface area contributed by atoms with Crippen molar-refractivity contribution >= 4 is 11.8 Å². The molecule has 3 nitrogen and oxygen atoms in total. The fraction of sp³-hybridized carbons (Fsp3) is 0.200. The van der Waals surface area contributed by atoms with Crippen molar-refractivity contribution in [3.05, 3.63) is 35.7 Å². The molecule has 0 amide bonds. The molecule has 0 aliphatic heterocycles. The number of rotatable bonds is 2. The van der Waals surface area contributed by atoms with Crippen molar-refractivity contribution in [3.63, 3.8) is 0 Å². The molecule has 0 unspecified atom stereocenters. The van der Waals surface area contributed by atoms with Gasteiger partial charge in [0.25, 0.3) is 0 Å². The third-order valence-corrected chi connectivity index (χ3v) is 2.05. The highest BCUT2D eigenvalue weighted by Crippen LogP contribution is 2.08. The van der Waals surface area contributed by atoms with Gasteiger partial charge < -0.3 is 0 Å². The second-order valence-corrected chi connectivity index (χ2v) is 2.89. The lowest BCUT2D eigenvalue weighted by Crippen LogP contribution is -1.96. The number of aryl methyl sites for hydroxylation is 1. The third-order valence-electron chi connectivity index (χ3n) is 2.05. The van der Waals surface area contributed by atoms with Crippen molar-refractivity contribution in [1.82, 2.24) is 9.61 Å². The van der Waals surface area contributed by atoms with Gasteiger partial charge in [0, 0.05) is 0 Å². The van der Waals surface area contributed by atoms with E-state index in [1.807, 2.05) is 25.1 Å². The molecule has 66 valence electrons. The number of hydrogen-bond acceptors (Lipinski definition) is 2. The Labute approximate surface area is 76.0 Å². The quantitative estimate of drug-likeness (QED) is 0.649. The van der Waals surface area contributed by atoms with Crippen molar-refractivity contribution in [2.75, 3.05) is 0 Å². The molecule has 13 heavy (non-hydrogen) atoms. The maximum absolute atomic E-state index is 10.7. The third kappa shape index (κ3) is 1.22. The van der Waals surface area contributed by atoms with E-state index in [0.717, 1.165) is 23.9 Å². The van der Waals surface area contributed by atoms with Gasteiger partial charge in [0.15, 0.2) is 6.29 Å². The van der Waals surface area contributed by atoms with Gasteiger partial charge in [-0.15, -0.1) is 0 Å². The molecule has 0 fully saturated rings. The second kappa shape index (κ2) is 3.01. The number of aromatic nitrogens is 2. The van der Waals surface area contributed by atoms with Crippen LogP contribution in [0.4, 0.5) is 0 Å². The smallest absolute Gasteiger partial charge is 0.168 e. The van der Waals surface area contributed by atoms with Crippen molar-refractivity contribution in [1.29, 1.82) is 0 Å². The Morgan fingerprint density at radius 1 is 1.54 bits per heavy atom. The number of pyridine rings is 1. The normalized spacial score (nSPS) is 10.5. The Kier molecular flexibility index (Phi) is 1.85. The summed E-state index contributed by atoms with van der Waals surface area (Å²) in [5, 5.41) is 4.29. The minimum Gasteiger partial charge on any atom is -0.296 e. The average molecular weight is 174 g/mol. The largest absolute Gasteiger partial charge is 0.296 e. The molecule has 2 aromatic rings.